The molecule has 1 N–H and O–H groups in total. The number of allylic oxidation sites excluding steroid dienone is 1. The third kappa shape index (κ3) is 4.45. The highest BCUT2D eigenvalue weighted by molar-refractivity contribution is 5.70. The fraction of sp³-hybridized carbons (Fsp3) is 0.231. The lowest BCUT2D eigenvalue weighted by Crippen LogP contribution is -2.16. The zero-order valence-corrected chi connectivity index (χ0v) is 17.5. The van der Waals surface area contributed by atoms with E-state index in [1.807, 2.05) is 6.08 Å². The molecule has 148 valence electrons. The standard InChI is InChI=1S/C24H23NO.C2H4O/c1-15-7-8-20(13-17(15)3)18-9-11-19(12-10-18)22-14-23(26)24-16(2)5-4-6-21(24)25-22;1-2-3/h4,6-14,16H,5H2,1-3H3,(H,25,26);2H,1H3. The van der Waals surface area contributed by atoms with Gasteiger partial charge in [-0.1, -0.05) is 55.5 Å². The summed E-state index contributed by atoms with van der Waals surface area (Å²) in [7, 11) is 0. The van der Waals surface area contributed by atoms with E-state index in [4.69, 9.17) is 4.79 Å². The largest absolute Gasteiger partial charge is 0.355 e. The Morgan fingerprint density at radius 1 is 0.931 bits per heavy atom. The lowest BCUT2D eigenvalue weighted by atomic mass is 9.90. The van der Waals surface area contributed by atoms with E-state index >= 15 is 0 Å². The molecule has 0 amide bonds. The van der Waals surface area contributed by atoms with Gasteiger partial charge in [0.15, 0.2) is 5.43 Å². The maximum absolute atomic E-state index is 12.6. The minimum atomic E-state index is 0.129. The number of pyridine rings is 1. The molecule has 1 unspecified atom stereocenters. The van der Waals surface area contributed by atoms with Gasteiger partial charge >= 0.3 is 0 Å². The zero-order valence-electron chi connectivity index (χ0n) is 17.5. The number of H-pyrrole nitrogens is 1. The minimum absolute atomic E-state index is 0.129. The van der Waals surface area contributed by atoms with Gasteiger partial charge in [-0.3, -0.25) is 4.79 Å². The Kier molecular flexibility index (Phi) is 6.28. The molecule has 1 aromatic heterocycles. The Morgan fingerprint density at radius 3 is 2.21 bits per heavy atom. The maximum atomic E-state index is 12.6. The van der Waals surface area contributed by atoms with Gasteiger partial charge in [0.05, 0.1) is 0 Å². The number of fused-ring (bicyclic) bond motifs is 1. The predicted molar refractivity (Wildman–Crippen MR) is 121 cm³/mol. The van der Waals surface area contributed by atoms with Crippen LogP contribution in [0.5, 0.6) is 0 Å². The van der Waals surface area contributed by atoms with Crippen LogP contribution in [0, 0.1) is 13.8 Å². The summed E-state index contributed by atoms with van der Waals surface area (Å²) in [6.45, 7) is 7.82. The highest BCUT2D eigenvalue weighted by Crippen LogP contribution is 2.29. The molecule has 0 saturated heterocycles. The van der Waals surface area contributed by atoms with E-state index < -0.39 is 0 Å². The number of benzene rings is 2. The number of carbonyl (C=O) groups excluding carboxylic acids is 1. The molecule has 1 aliphatic carbocycles. The number of carbonyl (C=O) groups is 1. The van der Waals surface area contributed by atoms with Crippen LogP contribution in [-0.4, -0.2) is 11.3 Å². The second-order valence-electron chi connectivity index (χ2n) is 7.53. The van der Waals surface area contributed by atoms with Gasteiger partial charge in [0.2, 0.25) is 0 Å². The number of rotatable bonds is 2. The maximum Gasteiger partial charge on any atom is 0.186 e. The molecule has 1 aliphatic rings. The smallest absolute Gasteiger partial charge is 0.186 e. The van der Waals surface area contributed by atoms with Gasteiger partial charge in [-0.15, -0.1) is 0 Å². The molecule has 0 bridgehead atoms. The van der Waals surface area contributed by atoms with Crippen molar-refractivity contribution in [2.75, 3.05) is 0 Å². The monoisotopic (exact) mass is 385 g/mol. The average molecular weight is 386 g/mol. The van der Waals surface area contributed by atoms with Crippen molar-refractivity contribution in [3.05, 3.63) is 87.2 Å². The topological polar surface area (TPSA) is 49.9 Å². The highest BCUT2D eigenvalue weighted by Gasteiger charge is 2.17. The Balaban J connectivity index is 0.000000755. The molecule has 3 nitrogen and oxygen atoms in total. The van der Waals surface area contributed by atoms with Crippen molar-refractivity contribution in [1.82, 2.24) is 4.98 Å². The number of aryl methyl sites for hydroxylation is 2. The molecular formula is C26H27NO2. The van der Waals surface area contributed by atoms with E-state index in [0.717, 1.165) is 35.2 Å². The molecule has 2 aromatic carbocycles. The van der Waals surface area contributed by atoms with Crippen molar-refractivity contribution < 1.29 is 4.79 Å². The fourth-order valence-electron chi connectivity index (χ4n) is 3.66. The number of aromatic nitrogens is 1. The first-order valence-corrected chi connectivity index (χ1v) is 9.96. The fourth-order valence-corrected chi connectivity index (χ4v) is 3.66. The number of aldehydes is 1. The van der Waals surface area contributed by atoms with E-state index in [9.17, 15) is 4.79 Å². The SMILES string of the molecule is CC=O.Cc1ccc(-c2ccc(-c3cc(=O)c4c([nH]3)C=CCC4C)cc2)cc1C. The second kappa shape index (κ2) is 8.87. The first kappa shape index (κ1) is 20.5. The van der Waals surface area contributed by atoms with Crippen molar-refractivity contribution in [2.45, 2.75) is 40.0 Å². The summed E-state index contributed by atoms with van der Waals surface area (Å²) < 4.78 is 0. The molecule has 4 rings (SSSR count). The summed E-state index contributed by atoms with van der Waals surface area (Å²) in [5, 5.41) is 0. The second-order valence-corrected chi connectivity index (χ2v) is 7.53. The van der Waals surface area contributed by atoms with Crippen molar-refractivity contribution in [1.29, 1.82) is 0 Å². The zero-order chi connectivity index (χ0) is 21.0. The minimum Gasteiger partial charge on any atom is -0.355 e. The van der Waals surface area contributed by atoms with Crippen LogP contribution < -0.4 is 5.43 Å². The molecule has 29 heavy (non-hydrogen) atoms. The summed E-state index contributed by atoms with van der Waals surface area (Å²) in [4.78, 5) is 24.8. The third-order valence-corrected chi connectivity index (χ3v) is 5.40. The van der Waals surface area contributed by atoms with Crippen molar-refractivity contribution in [3.8, 4) is 22.4 Å². The van der Waals surface area contributed by atoms with Gasteiger partial charge in [-0.25, -0.2) is 0 Å². The summed E-state index contributed by atoms with van der Waals surface area (Å²) in [5.41, 5.74) is 8.89. The highest BCUT2D eigenvalue weighted by atomic mass is 16.1. The van der Waals surface area contributed by atoms with Crippen LogP contribution in [0.15, 0.2) is 59.4 Å². The van der Waals surface area contributed by atoms with Crippen LogP contribution in [0.2, 0.25) is 0 Å². The van der Waals surface area contributed by atoms with E-state index in [-0.39, 0.29) is 11.3 Å². The van der Waals surface area contributed by atoms with Crippen LogP contribution in [0.1, 0.15) is 48.6 Å². The van der Waals surface area contributed by atoms with Gasteiger partial charge in [-0.2, -0.15) is 0 Å². The number of hydrogen-bond acceptors (Lipinski definition) is 2. The van der Waals surface area contributed by atoms with Gasteiger partial charge in [0, 0.05) is 23.0 Å². The first-order valence-electron chi connectivity index (χ1n) is 9.96. The van der Waals surface area contributed by atoms with Crippen LogP contribution in [-0.2, 0) is 4.79 Å². The molecule has 0 radical (unpaired) electrons. The predicted octanol–water partition coefficient (Wildman–Crippen LogP) is 6.05. The average Bonchev–Trinajstić information content (AvgIpc) is 2.70. The molecule has 1 atom stereocenters. The Hall–Kier alpha value is -3.20. The molecule has 3 aromatic rings. The van der Waals surface area contributed by atoms with Gasteiger partial charge in [0.1, 0.15) is 6.29 Å². The lowest BCUT2D eigenvalue weighted by molar-refractivity contribution is -0.106. The lowest BCUT2D eigenvalue weighted by Gasteiger charge is -2.18. The summed E-state index contributed by atoms with van der Waals surface area (Å²) in [5.74, 6) is 0.278. The third-order valence-electron chi connectivity index (χ3n) is 5.40. The van der Waals surface area contributed by atoms with E-state index in [2.05, 4.69) is 74.3 Å². The van der Waals surface area contributed by atoms with E-state index in [0.29, 0.717) is 0 Å². The molecule has 3 heteroatoms. The van der Waals surface area contributed by atoms with Crippen LogP contribution in [0.4, 0.5) is 0 Å². The summed E-state index contributed by atoms with van der Waals surface area (Å²) in [6.07, 6.45) is 5.85. The molecule has 0 aliphatic heterocycles. The van der Waals surface area contributed by atoms with Crippen LogP contribution in [0.25, 0.3) is 28.5 Å². The molecule has 0 spiro atoms. The Morgan fingerprint density at radius 2 is 1.55 bits per heavy atom. The summed E-state index contributed by atoms with van der Waals surface area (Å²) in [6, 6.07) is 16.7. The molecule has 0 saturated carbocycles. The number of nitrogens with one attached hydrogen (secondary N) is 1. The Labute approximate surface area is 172 Å². The van der Waals surface area contributed by atoms with Gasteiger partial charge < -0.3 is 9.78 Å². The number of aromatic amines is 1. The van der Waals surface area contributed by atoms with Crippen molar-refractivity contribution in [2.24, 2.45) is 0 Å². The molecular weight excluding hydrogens is 358 g/mol. The van der Waals surface area contributed by atoms with Crippen LogP contribution in [0.3, 0.4) is 0 Å². The quantitative estimate of drug-likeness (QED) is 0.546. The first-order chi connectivity index (χ1) is 13.9. The van der Waals surface area contributed by atoms with Gasteiger partial charge in [-0.05, 0) is 67.0 Å². The van der Waals surface area contributed by atoms with E-state index in [1.165, 1.54) is 29.2 Å². The number of hydrogen-bond donors (Lipinski definition) is 1. The molecule has 1 heterocycles. The molecule has 0 fully saturated rings. The van der Waals surface area contributed by atoms with Crippen molar-refractivity contribution in [3.63, 3.8) is 0 Å². The normalized spacial score (nSPS) is 14.6. The van der Waals surface area contributed by atoms with E-state index in [1.54, 1.807) is 6.07 Å². The summed E-state index contributed by atoms with van der Waals surface area (Å²) >= 11 is 0. The van der Waals surface area contributed by atoms with Crippen molar-refractivity contribution >= 4 is 12.4 Å². The Bertz CT molecular complexity index is 1100. The van der Waals surface area contributed by atoms with Crippen LogP contribution >= 0.6 is 0 Å². The van der Waals surface area contributed by atoms with Gasteiger partial charge in [0.25, 0.3) is 0 Å².